The molecule has 0 saturated carbocycles. The monoisotopic (exact) mass is 811 g/mol. The van der Waals surface area contributed by atoms with E-state index in [0.29, 0.717) is 19.3 Å². The Kier molecular flexibility index (Phi) is 44.5. The van der Waals surface area contributed by atoms with Crippen molar-refractivity contribution in [2.45, 2.75) is 239 Å². The lowest BCUT2D eigenvalue weighted by molar-refractivity contribution is -0.167. The Bertz CT molecular complexity index is 1070. The maximum Gasteiger partial charge on any atom is 0.306 e. The van der Waals surface area contributed by atoms with E-state index in [2.05, 4.69) is 81.5 Å². The fourth-order valence-corrected chi connectivity index (χ4v) is 6.55. The lowest BCUT2D eigenvalue weighted by Gasteiger charge is -2.18. The molecule has 0 fully saturated rings. The van der Waals surface area contributed by atoms with Crippen LogP contribution < -0.4 is 0 Å². The van der Waals surface area contributed by atoms with Crippen LogP contribution in [-0.4, -0.2) is 37.2 Å². The molecule has 0 radical (unpaired) electrons. The van der Waals surface area contributed by atoms with Gasteiger partial charge in [0.25, 0.3) is 0 Å². The average Bonchev–Trinajstić information content (AvgIpc) is 3.22. The van der Waals surface area contributed by atoms with Crippen molar-refractivity contribution in [3.8, 4) is 0 Å². The van der Waals surface area contributed by atoms with Gasteiger partial charge in [-0.3, -0.25) is 14.4 Å². The maximum atomic E-state index is 12.7. The molecular formula is C52H90O6. The number of rotatable bonds is 43. The van der Waals surface area contributed by atoms with E-state index in [1.54, 1.807) is 0 Å². The molecule has 6 heteroatoms. The van der Waals surface area contributed by atoms with Crippen LogP contribution in [0, 0.1) is 0 Å². The Morgan fingerprint density at radius 1 is 0.362 bits per heavy atom. The molecule has 6 nitrogen and oxygen atoms in total. The molecule has 58 heavy (non-hydrogen) atoms. The van der Waals surface area contributed by atoms with Gasteiger partial charge in [0, 0.05) is 19.3 Å². The number of esters is 3. The summed E-state index contributed by atoms with van der Waals surface area (Å²) in [6.45, 7) is 6.44. The molecule has 0 bridgehead atoms. The van der Waals surface area contributed by atoms with Gasteiger partial charge in [-0.25, -0.2) is 0 Å². The first-order valence-electron chi connectivity index (χ1n) is 24.3. The topological polar surface area (TPSA) is 78.9 Å². The first kappa shape index (κ1) is 55.1. The number of ether oxygens (including phenoxy) is 3. The van der Waals surface area contributed by atoms with E-state index in [1.807, 2.05) is 0 Å². The highest BCUT2D eigenvalue weighted by molar-refractivity contribution is 5.71. The van der Waals surface area contributed by atoms with Gasteiger partial charge < -0.3 is 14.2 Å². The van der Waals surface area contributed by atoms with E-state index in [0.717, 1.165) is 103 Å². The van der Waals surface area contributed by atoms with Crippen LogP contribution in [0.5, 0.6) is 0 Å². The Balaban J connectivity index is 4.38. The molecule has 1 unspecified atom stereocenters. The zero-order valence-electron chi connectivity index (χ0n) is 38.0. The highest BCUT2D eigenvalue weighted by atomic mass is 16.6. The molecular weight excluding hydrogens is 721 g/mol. The Morgan fingerprint density at radius 2 is 0.690 bits per heavy atom. The third-order valence-electron chi connectivity index (χ3n) is 10.2. The average molecular weight is 811 g/mol. The molecule has 0 amide bonds. The van der Waals surface area contributed by atoms with Crippen LogP contribution in [0.3, 0.4) is 0 Å². The summed E-state index contributed by atoms with van der Waals surface area (Å²) in [4.78, 5) is 37.8. The minimum absolute atomic E-state index is 0.0854. The fraction of sp³-hybridized carbons (Fsp3) is 0.750. The molecule has 0 aromatic rings. The number of hydrogen-bond acceptors (Lipinski definition) is 6. The molecule has 0 aliphatic carbocycles. The number of allylic oxidation sites excluding steroid dienone is 10. The van der Waals surface area contributed by atoms with Crippen molar-refractivity contribution >= 4 is 17.9 Å². The van der Waals surface area contributed by atoms with E-state index in [-0.39, 0.29) is 31.1 Å². The van der Waals surface area contributed by atoms with Crippen molar-refractivity contribution in [1.82, 2.24) is 0 Å². The van der Waals surface area contributed by atoms with E-state index in [9.17, 15) is 14.4 Å². The molecule has 0 aromatic carbocycles. The van der Waals surface area contributed by atoms with Gasteiger partial charge >= 0.3 is 17.9 Å². The zero-order chi connectivity index (χ0) is 42.3. The summed E-state index contributed by atoms with van der Waals surface area (Å²) < 4.78 is 16.7. The molecule has 0 N–H and O–H groups in total. The van der Waals surface area contributed by atoms with Crippen molar-refractivity contribution in [1.29, 1.82) is 0 Å². The van der Waals surface area contributed by atoms with Crippen molar-refractivity contribution in [3.05, 3.63) is 60.8 Å². The van der Waals surface area contributed by atoms with Gasteiger partial charge in [0.05, 0.1) is 0 Å². The van der Waals surface area contributed by atoms with E-state index < -0.39 is 6.10 Å². The molecule has 334 valence electrons. The summed E-state index contributed by atoms with van der Waals surface area (Å²) >= 11 is 0. The van der Waals surface area contributed by atoms with Gasteiger partial charge in [0.2, 0.25) is 0 Å². The number of unbranched alkanes of at least 4 members (excludes halogenated alkanes) is 22. The molecule has 0 rings (SSSR count). The Hall–Kier alpha value is -2.89. The van der Waals surface area contributed by atoms with Crippen molar-refractivity contribution in [2.24, 2.45) is 0 Å². The molecule has 0 spiro atoms. The van der Waals surface area contributed by atoms with Crippen molar-refractivity contribution < 1.29 is 28.6 Å². The van der Waals surface area contributed by atoms with Gasteiger partial charge in [-0.15, -0.1) is 0 Å². The summed E-state index contributed by atoms with van der Waals surface area (Å²) in [5.74, 6) is -0.914. The smallest absolute Gasteiger partial charge is 0.306 e. The largest absolute Gasteiger partial charge is 0.462 e. The second-order valence-corrected chi connectivity index (χ2v) is 16.0. The number of hydrogen-bond donors (Lipinski definition) is 0. The Labute approximate surface area is 358 Å². The summed E-state index contributed by atoms with van der Waals surface area (Å²) in [6, 6.07) is 0. The minimum atomic E-state index is -0.783. The number of carbonyl (C=O) groups is 3. The standard InChI is InChI=1S/C52H90O6/c1-4-7-10-13-16-19-22-24-25-26-27-28-31-33-36-39-42-45-51(54)57-48-49(47-56-50(53)44-41-38-35-32-29-21-18-15-12-9-6-3)58-52(55)46-43-40-37-34-30-23-20-17-14-11-8-5-2/h7,10,15-20,24-25,49H,4-6,8-9,11-14,21-23,26-48H2,1-3H3/b10-7-,18-15-,19-16-,20-17-,25-24-. The third-order valence-corrected chi connectivity index (χ3v) is 10.2. The molecule has 0 saturated heterocycles. The van der Waals surface area contributed by atoms with Crippen molar-refractivity contribution in [3.63, 3.8) is 0 Å². The molecule has 0 aliphatic heterocycles. The van der Waals surface area contributed by atoms with E-state index in [1.165, 1.54) is 89.9 Å². The Morgan fingerprint density at radius 3 is 1.12 bits per heavy atom. The van der Waals surface area contributed by atoms with Gasteiger partial charge in [-0.2, -0.15) is 0 Å². The lowest BCUT2D eigenvalue weighted by Crippen LogP contribution is -2.30. The van der Waals surface area contributed by atoms with Crippen LogP contribution in [0.4, 0.5) is 0 Å². The van der Waals surface area contributed by atoms with Gasteiger partial charge in [0.15, 0.2) is 6.10 Å². The lowest BCUT2D eigenvalue weighted by atomic mass is 10.1. The summed E-state index contributed by atoms with van der Waals surface area (Å²) in [6.07, 6.45) is 56.3. The quantitative estimate of drug-likeness (QED) is 0.0264. The van der Waals surface area contributed by atoms with E-state index >= 15 is 0 Å². The van der Waals surface area contributed by atoms with Gasteiger partial charge in [-0.1, -0.05) is 178 Å². The van der Waals surface area contributed by atoms with Crippen LogP contribution in [0.2, 0.25) is 0 Å². The first-order chi connectivity index (χ1) is 28.5. The van der Waals surface area contributed by atoms with Crippen molar-refractivity contribution in [2.75, 3.05) is 13.2 Å². The SMILES string of the molecule is CC/C=C\C/C=C\C/C=C\CCCCCCCCCC(=O)OCC(COC(=O)CCCCCCC/C=C\CCCC)OC(=O)CCCCCCC/C=C\CCCCC. The fourth-order valence-electron chi connectivity index (χ4n) is 6.55. The highest BCUT2D eigenvalue weighted by Gasteiger charge is 2.19. The normalized spacial score (nSPS) is 12.5. The van der Waals surface area contributed by atoms with Crippen LogP contribution in [-0.2, 0) is 28.6 Å². The van der Waals surface area contributed by atoms with Crippen LogP contribution in [0.25, 0.3) is 0 Å². The molecule has 0 aromatic heterocycles. The number of carbonyl (C=O) groups excluding carboxylic acids is 3. The molecule has 1 atom stereocenters. The van der Waals surface area contributed by atoms with E-state index in [4.69, 9.17) is 14.2 Å². The zero-order valence-corrected chi connectivity index (χ0v) is 38.0. The second-order valence-electron chi connectivity index (χ2n) is 16.0. The van der Waals surface area contributed by atoms with Crippen LogP contribution >= 0.6 is 0 Å². The predicted octanol–water partition coefficient (Wildman–Crippen LogP) is 15.7. The van der Waals surface area contributed by atoms with Crippen LogP contribution in [0.15, 0.2) is 60.8 Å². The maximum absolute atomic E-state index is 12.7. The summed E-state index contributed by atoms with van der Waals surface area (Å²) in [5.41, 5.74) is 0. The van der Waals surface area contributed by atoms with Crippen LogP contribution in [0.1, 0.15) is 233 Å². The highest BCUT2D eigenvalue weighted by Crippen LogP contribution is 2.14. The molecule has 0 aliphatic rings. The minimum Gasteiger partial charge on any atom is -0.462 e. The van der Waals surface area contributed by atoms with Gasteiger partial charge in [-0.05, 0) is 96.3 Å². The third kappa shape index (κ3) is 44.2. The molecule has 0 heterocycles. The predicted molar refractivity (Wildman–Crippen MR) is 247 cm³/mol. The van der Waals surface area contributed by atoms with Gasteiger partial charge in [0.1, 0.15) is 13.2 Å². The second kappa shape index (κ2) is 46.8. The summed E-state index contributed by atoms with van der Waals surface area (Å²) in [7, 11) is 0. The summed E-state index contributed by atoms with van der Waals surface area (Å²) in [5, 5.41) is 0. The first-order valence-corrected chi connectivity index (χ1v) is 24.3.